The first-order chi connectivity index (χ1) is 5.66. The predicted molar refractivity (Wildman–Crippen MR) is 46.9 cm³/mol. The maximum absolute atomic E-state index is 10.4. The number of benzene rings is 1. The Kier molecular flexibility index (Phi) is 2.45. The molecule has 1 rings (SSSR count). The quantitative estimate of drug-likeness (QED) is 0.510. The van der Waals surface area contributed by atoms with Crippen molar-refractivity contribution in [2.75, 3.05) is 5.73 Å². The summed E-state index contributed by atoms with van der Waals surface area (Å²) in [7, 11) is 0. The standard InChI is InChI=1S/C9H11NO2/c1-6(12)8-4-2-3-7(5-11)9(8)10/h2-6,12H,10H2,1H3. The molecular formula is C9H11NO2. The van der Waals surface area contributed by atoms with Gasteiger partial charge in [0.25, 0.3) is 0 Å². The smallest absolute Gasteiger partial charge is 0.152 e. The highest BCUT2D eigenvalue weighted by Gasteiger charge is 2.07. The SMILES string of the molecule is CC(O)c1cccc(C=O)c1N. The van der Waals surface area contributed by atoms with Crippen LogP contribution in [0.5, 0.6) is 0 Å². The van der Waals surface area contributed by atoms with E-state index >= 15 is 0 Å². The third kappa shape index (κ3) is 1.46. The molecular weight excluding hydrogens is 154 g/mol. The van der Waals surface area contributed by atoms with E-state index in [-0.39, 0.29) is 0 Å². The van der Waals surface area contributed by atoms with Crippen molar-refractivity contribution in [2.45, 2.75) is 13.0 Å². The van der Waals surface area contributed by atoms with E-state index in [1.165, 1.54) is 0 Å². The average Bonchev–Trinajstić information content (AvgIpc) is 2.04. The number of nitrogens with two attached hydrogens (primary N) is 1. The molecule has 3 nitrogen and oxygen atoms in total. The molecule has 1 unspecified atom stereocenters. The van der Waals surface area contributed by atoms with Crippen LogP contribution in [0.2, 0.25) is 0 Å². The number of carbonyl (C=O) groups excluding carboxylic acids is 1. The Morgan fingerprint density at radius 3 is 2.75 bits per heavy atom. The Morgan fingerprint density at radius 2 is 2.25 bits per heavy atom. The molecule has 1 atom stereocenters. The monoisotopic (exact) mass is 165 g/mol. The second-order valence-corrected chi connectivity index (χ2v) is 2.64. The zero-order valence-electron chi connectivity index (χ0n) is 6.82. The zero-order valence-corrected chi connectivity index (χ0v) is 6.82. The highest BCUT2D eigenvalue weighted by molar-refractivity contribution is 5.84. The number of anilines is 1. The fraction of sp³-hybridized carbons (Fsp3) is 0.222. The van der Waals surface area contributed by atoms with E-state index in [1.54, 1.807) is 25.1 Å². The van der Waals surface area contributed by atoms with Gasteiger partial charge >= 0.3 is 0 Å². The number of nitrogen functional groups attached to an aromatic ring is 1. The number of aldehydes is 1. The number of para-hydroxylation sites is 1. The van der Waals surface area contributed by atoms with E-state index in [0.717, 1.165) is 0 Å². The lowest BCUT2D eigenvalue weighted by atomic mass is 10.0. The minimum absolute atomic E-state index is 0.363. The lowest BCUT2D eigenvalue weighted by Gasteiger charge is -2.09. The molecule has 0 bridgehead atoms. The average molecular weight is 165 g/mol. The first-order valence-corrected chi connectivity index (χ1v) is 3.68. The number of aliphatic hydroxyl groups excluding tert-OH is 1. The summed E-state index contributed by atoms with van der Waals surface area (Å²) < 4.78 is 0. The van der Waals surface area contributed by atoms with Crippen molar-refractivity contribution in [3.63, 3.8) is 0 Å². The lowest BCUT2D eigenvalue weighted by Crippen LogP contribution is -2.01. The molecule has 0 spiro atoms. The van der Waals surface area contributed by atoms with Gasteiger partial charge in [-0.1, -0.05) is 12.1 Å². The predicted octanol–water partition coefficient (Wildman–Crippen LogP) is 1.13. The highest BCUT2D eigenvalue weighted by atomic mass is 16.3. The van der Waals surface area contributed by atoms with Crippen molar-refractivity contribution in [3.05, 3.63) is 29.3 Å². The van der Waals surface area contributed by atoms with Crippen molar-refractivity contribution in [3.8, 4) is 0 Å². The highest BCUT2D eigenvalue weighted by Crippen LogP contribution is 2.22. The van der Waals surface area contributed by atoms with E-state index in [2.05, 4.69) is 0 Å². The van der Waals surface area contributed by atoms with Gasteiger partial charge in [0, 0.05) is 16.8 Å². The molecule has 1 aromatic carbocycles. The molecule has 0 amide bonds. The molecule has 0 aliphatic heterocycles. The molecule has 0 saturated heterocycles. The van der Waals surface area contributed by atoms with Gasteiger partial charge in [-0.15, -0.1) is 0 Å². The van der Waals surface area contributed by atoms with Crippen molar-refractivity contribution in [1.29, 1.82) is 0 Å². The first-order valence-electron chi connectivity index (χ1n) is 3.68. The van der Waals surface area contributed by atoms with E-state index in [9.17, 15) is 9.90 Å². The van der Waals surface area contributed by atoms with Crippen molar-refractivity contribution in [2.24, 2.45) is 0 Å². The minimum Gasteiger partial charge on any atom is -0.398 e. The molecule has 64 valence electrons. The number of hydrogen-bond donors (Lipinski definition) is 2. The fourth-order valence-corrected chi connectivity index (χ4v) is 1.07. The topological polar surface area (TPSA) is 63.3 Å². The number of rotatable bonds is 2. The summed E-state index contributed by atoms with van der Waals surface area (Å²) in [5, 5.41) is 9.23. The number of hydrogen-bond acceptors (Lipinski definition) is 3. The lowest BCUT2D eigenvalue weighted by molar-refractivity contribution is 0.112. The van der Waals surface area contributed by atoms with Gasteiger partial charge in [0.2, 0.25) is 0 Å². The molecule has 0 fully saturated rings. The second kappa shape index (κ2) is 3.36. The van der Waals surface area contributed by atoms with Crippen LogP contribution in [0.3, 0.4) is 0 Å². The second-order valence-electron chi connectivity index (χ2n) is 2.64. The molecule has 0 saturated carbocycles. The minimum atomic E-state index is -0.634. The molecule has 0 aliphatic rings. The fourth-order valence-electron chi connectivity index (χ4n) is 1.07. The Balaban J connectivity index is 3.22. The third-order valence-corrected chi connectivity index (χ3v) is 1.75. The van der Waals surface area contributed by atoms with E-state index in [0.29, 0.717) is 23.1 Å². The van der Waals surface area contributed by atoms with Crippen LogP contribution in [0.25, 0.3) is 0 Å². The van der Waals surface area contributed by atoms with Crippen LogP contribution in [0.15, 0.2) is 18.2 Å². The van der Waals surface area contributed by atoms with Crippen molar-refractivity contribution < 1.29 is 9.90 Å². The van der Waals surface area contributed by atoms with E-state index < -0.39 is 6.10 Å². The van der Waals surface area contributed by atoms with Gasteiger partial charge in [0.05, 0.1) is 6.10 Å². The molecule has 0 heterocycles. The summed E-state index contributed by atoms with van der Waals surface area (Å²) in [5.41, 5.74) is 6.99. The van der Waals surface area contributed by atoms with Crippen LogP contribution in [0.4, 0.5) is 5.69 Å². The number of aliphatic hydroxyl groups is 1. The van der Waals surface area contributed by atoms with Crippen LogP contribution in [0.1, 0.15) is 28.9 Å². The van der Waals surface area contributed by atoms with Gasteiger partial charge in [0.15, 0.2) is 6.29 Å². The van der Waals surface area contributed by atoms with Gasteiger partial charge in [-0.3, -0.25) is 4.79 Å². The van der Waals surface area contributed by atoms with Crippen LogP contribution < -0.4 is 5.73 Å². The maximum Gasteiger partial charge on any atom is 0.152 e. The largest absolute Gasteiger partial charge is 0.398 e. The Bertz CT molecular complexity index is 295. The molecule has 12 heavy (non-hydrogen) atoms. The van der Waals surface area contributed by atoms with Crippen molar-refractivity contribution in [1.82, 2.24) is 0 Å². The first kappa shape index (κ1) is 8.74. The Hall–Kier alpha value is -1.35. The van der Waals surface area contributed by atoms with Gasteiger partial charge in [-0.2, -0.15) is 0 Å². The van der Waals surface area contributed by atoms with E-state index in [4.69, 9.17) is 5.73 Å². The van der Waals surface area contributed by atoms with Crippen LogP contribution in [0, 0.1) is 0 Å². The summed E-state index contributed by atoms with van der Waals surface area (Å²) in [6.07, 6.45) is 0.0474. The van der Waals surface area contributed by atoms with Gasteiger partial charge in [-0.05, 0) is 13.0 Å². The van der Waals surface area contributed by atoms with Gasteiger partial charge in [-0.25, -0.2) is 0 Å². The molecule has 3 heteroatoms. The summed E-state index contributed by atoms with van der Waals surface area (Å²) in [4.78, 5) is 10.4. The van der Waals surface area contributed by atoms with Gasteiger partial charge in [0.1, 0.15) is 0 Å². The van der Waals surface area contributed by atoms with Crippen molar-refractivity contribution >= 4 is 12.0 Å². The Labute approximate surface area is 70.8 Å². The summed E-state index contributed by atoms with van der Waals surface area (Å²) in [5.74, 6) is 0. The summed E-state index contributed by atoms with van der Waals surface area (Å²) in [6.45, 7) is 1.61. The van der Waals surface area contributed by atoms with Crippen LogP contribution in [-0.4, -0.2) is 11.4 Å². The third-order valence-electron chi connectivity index (χ3n) is 1.75. The summed E-state index contributed by atoms with van der Waals surface area (Å²) >= 11 is 0. The molecule has 0 aromatic heterocycles. The normalized spacial score (nSPS) is 12.5. The molecule has 3 N–H and O–H groups in total. The number of carbonyl (C=O) groups is 1. The van der Waals surface area contributed by atoms with Crippen LogP contribution >= 0.6 is 0 Å². The molecule has 0 aliphatic carbocycles. The Morgan fingerprint density at radius 1 is 1.58 bits per heavy atom. The summed E-state index contributed by atoms with van der Waals surface area (Å²) in [6, 6.07) is 5.02. The maximum atomic E-state index is 10.4. The molecule has 0 radical (unpaired) electrons. The van der Waals surface area contributed by atoms with E-state index in [1.807, 2.05) is 0 Å². The van der Waals surface area contributed by atoms with Gasteiger partial charge < -0.3 is 10.8 Å². The zero-order chi connectivity index (χ0) is 9.14. The van der Waals surface area contributed by atoms with Crippen LogP contribution in [-0.2, 0) is 0 Å². The molecule has 1 aromatic rings.